The molecule has 146 valence electrons. The van der Waals surface area contributed by atoms with Gasteiger partial charge in [0.2, 0.25) is 0 Å². The molecule has 2 aromatic rings. The highest BCUT2D eigenvalue weighted by Crippen LogP contribution is 2.22. The average molecular weight is 397 g/mol. The maximum atomic E-state index is 13.3. The summed E-state index contributed by atoms with van der Waals surface area (Å²) in [6.07, 6.45) is 2.33. The number of aromatic nitrogens is 2. The summed E-state index contributed by atoms with van der Waals surface area (Å²) in [5.41, 5.74) is 0.128. The van der Waals surface area contributed by atoms with Crippen molar-refractivity contribution in [3.63, 3.8) is 0 Å². The molecule has 1 aromatic heterocycles. The normalized spacial score (nSPS) is 18.4. The molecule has 0 radical (unpaired) electrons. The second-order valence-corrected chi connectivity index (χ2v) is 8.13. The maximum Gasteiger partial charge on any atom is 0.262 e. The molecule has 1 atom stereocenters. The van der Waals surface area contributed by atoms with Crippen molar-refractivity contribution in [2.45, 2.75) is 18.1 Å². The van der Waals surface area contributed by atoms with Crippen molar-refractivity contribution < 1.29 is 27.1 Å². The molecule has 1 unspecified atom stereocenters. The fourth-order valence-corrected chi connectivity index (χ4v) is 4.17. The summed E-state index contributed by atoms with van der Waals surface area (Å²) >= 11 is 0. The number of sulfonamides is 1. The van der Waals surface area contributed by atoms with Gasteiger partial charge in [-0.15, -0.1) is 0 Å². The fourth-order valence-electron chi connectivity index (χ4n) is 2.75. The number of halogens is 1. The van der Waals surface area contributed by atoms with Crippen molar-refractivity contribution in [2.24, 2.45) is 7.05 Å². The van der Waals surface area contributed by atoms with E-state index in [1.165, 1.54) is 35.9 Å². The molecule has 0 spiro atoms. The van der Waals surface area contributed by atoms with E-state index in [0.29, 0.717) is 0 Å². The monoisotopic (exact) mass is 397 g/mol. The van der Waals surface area contributed by atoms with Crippen LogP contribution < -0.4 is 4.74 Å². The third-order valence-electron chi connectivity index (χ3n) is 4.13. The minimum absolute atomic E-state index is 0.0241. The summed E-state index contributed by atoms with van der Waals surface area (Å²) in [6, 6.07) is 3.68. The van der Waals surface area contributed by atoms with Crippen molar-refractivity contribution in [1.82, 2.24) is 13.9 Å². The fraction of sp³-hybridized carbons (Fsp3) is 0.412. The van der Waals surface area contributed by atoms with Gasteiger partial charge in [-0.05, 0) is 25.1 Å². The van der Waals surface area contributed by atoms with Crippen LogP contribution in [0.2, 0.25) is 0 Å². The van der Waals surface area contributed by atoms with Crippen LogP contribution in [0.25, 0.3) is 0 Å². The number of ether oxygens (including phenoxy) is 2. The Bertz CT molecular complexity index is 944. The molecule has 1 aliphatic rings. The molecular formula is C17H20FN3O5S. The Balaban J connectivity index is 1.68. The van der Waals surface area contributed by atoms with Gasteiger partial charge >= 0.3 is 0 Å². The summed E-state index contributed by atoms with van der Waals surface area (Å²) in [6.45, 7) is 1.86. The third-order valence-corrected chi connectivity index (χ3v) is 5.88. The lowest BCUT2D eigenvalue weighted by Crippen LogP contribution is -2.47. The number of nitrogens with zero attached hydrogens (tertiary/aromatic N) is 3. The first-order valence-electron chi connectivity index (χ1n) is 8.30. The van der Waals surface area contributed by atoms with Gasteiger partial charge < -0.3 is 14.0 Å². The summed E-state index contributed by atoms with van der Waals surface area (Å²) in [4.78, 5) is 15.5. The standard InChI is InChI=1S/C17H20FN3O5S/c1-12(22)15-7-13(18)3-4-16(15)26-10-14-8-21(5-6-25-14)27(23,24)17-9-20(2)11-19-17/h3-4,7,9,11,14H,5-6,8,10H2,1-2H3. The number of ketones is 1. The molecule has 0 N–H and O–H groups in total. The number of hydrogen-bond acceptors (Lipinski definition) is 6. The van der Waals surface area contributed by atoms with Crippen molar-refractivity contribution in [3.8, 4) is 5.75 Å². The van der Waals surface area contributed by atoms with Crippen LogP contribution >= 0.6 is 0 Å². The van der Waals surface area contributed by atoms with E-state index in [1.807, 2.05) is 0 Å². The van der Waals surface area contributed by atoms with Gasteiger partial charge in [0.1, 0.15) is 24.3 Å². The highest BCUT2D eigenvalue weighted by molar-refractivity contribution is 7.89. The Kier molecular flexibility index (Phi) is 5.59. The smallest absolute Gasteiger partial charge is 0.262 e. The lowest BCUT2D eigenvalue weighted by atomic mass is 10.1. The number of hydrogen-bond donors (Lipinski definition) is 0. The van der Waals surface area contributed by atoms with E-state index < -0.39 is 21.9 Å². The lowest BCUT2D eigenvalue weighted by molar-refractivity contribution is -0.0251. The number of morpholine rings is 1. The van der Waals surface area contributed by atoms with E-state index in [-0.39, 0.29) is 48.4 Å². The Morgan fingerprint density at radius 1 is 1.44 bits per heavy atom. The molecule has 1 fully saturated rings. The zero-order chi connectivity index (χ0) is 19.6. The van der Waals surface area contributed by atoms with Gasteiger partial charge in [0.25, 0.3) is 10.0 Å². The number of rotatable bonds is 6. The predicted octanol–water partition coefficient (Wildman–Crippen LogP) is 1.23. The van der Waals surface area contributed by atoms with Crippen LogP contribution in [0.5, 0.6) is 5.75 Å². The molecule has 10 heteroatoms. The topological polar surface area (TPSA) is 90.7 Å². The van der Waals surface area contributed by atoms with Crippen LogP contribution in [-0.2, 0) is 21.8 Å². The summed E-state index contributed by atoms with van der Waals surface area (Å²) in [7, 11) is -2.03. The van der Waals surface area contributed by atoms with Gasteiger partial charge in [-0.3, -0.25) is 4.79 Å². The van der Waals surface area contributed by atoms with Gasteiger partial charge in [0.05, 0.1) is 18.5 Å². The second-order valence-electron chi connectivity index (χ2n) is 6.24. The van der Waals surface area contributed by atoms with E-state index in [0.717, 1.165) is 6.07 Å². The highest BCUT2D eigenvalue weighted by Gasteiger charge is 2.32. The molecule has 2 heterocycles. The molecular weight excluding hydrogens is 377 g/mol. The van der Waals surface area contributed by atoms with Gasteiger partial charge in [0, 0.05) is 26.3 Å². The molecule has 0 bridgehead atoms. The van der Waals surface area contributed by atoms with Crippen LogP contribution in [0.1, 0.15) is 17.3 Å². The van der Waals surface area contributed by atoms with Crippen LogP contribution in [0, 0.1) is 5.82 Å². The lowest BCUT2D eigenvalue weighted by Gasteiger charge is -2.31. The Hall–Kier alpha value is -2.30. The largest absolute Gasteiger partial charge is 0.490 e. The highest BCUT2D eigenvalue weighted by atomic mass is 32.2. The molecule has 3 rings (SSSR count). The van der Waals surface area contributed by atoms with E-state index in [4.69, 9.17) is 9.47 Å². The molecule has 27 heavy (non-hydrogen) atoms. The molecule has 0 aliphatic carbocycles. The number of imidazole rings is 1. The van der Waals surface area contributed by atoms with Crippen LogP contribution in [0.4, 0.5) is 4.39 Å². The predicted molar refractivity (Wildman–Crippen MR) is 93.6 cm³/mol. The molecule has 0 amide bonds. The average Bonchev–Trinajstić information content (AvgIpc) is 3.08. The molecule has 1 aromatic carbocycles. The van der Waals surface area contributed by atoms with Crippen molar-refractivity contribution in [1.29, 1.82) is 0 Å². The van der Waals surface area contributed by atoms with E-state index >= 15 is 0 Å². The van der Waals surface area contributed by atoms with Gasteiger partial charge in [0.15, 0.2) is 10.8 Å². The first-order chi connectivity index (χ1) is 12.8. The van der Waals surface area contributed by atoms with Crippen molar-refractivity contribution in [3.05, 3.63) is 42.1 Å². The van der Waals surface area contributed by atoms with E-state index in [2.05, 4.69) is 4.98 Å². The van der Waals surface area contributed by atoms with Crippen LogP contribution in [0.15, 0.2) is 35.7 Å². The van der Waals surface area contributed by atoms with Crippen LogP contribution in [0.3, 0.4) is 0 Å². The molecule has 1 saturated heterocycles. The Labute approximate surface area is 156 Å². The number of carbonyl (C=O) groups is 1. The van der Waals surface area contributed by atoms with Crippen molar-refractivity contribution in [2.75, 3.05) is 26.3 Å². The van der Waals surface area contributed by atoms with Gasteiger partial charge in [-0.2, -0.15) is 4.31 Å². The van der Waals surface area contributed by atoms with Gasteiger partial charge in [-0.25, -0.2) is 17.8 Å². The second kappa shape index (κ2) is 7.75. The van der Waals surface area contributed by atoms with Crippen LogP contribution in [-0.4, -0.2) is 60.5 Å². The Morgan fingerprint density at radius 2 is 2.22 bits per heavy atom. The van der Waals surface area contributed by atoms with E-state index in [1.54, 1.807) is 11.6 Å². The number of benzene rings is 1. The molecule has 8 nitrogen and oxygen atoms in total. The number of Topliss-reactive ketones (excluding diaryl/α,β-unsaturated/α-hetero) is 1. The number of aryl methyl sites for hydroxylation is 1. The minimum Gasteiger partial charge on any atom is -0.490 e. The summed E-state index contributed by atoms with van der Waals surface area (Å²) < 4.78 is 52.7. The minimum atomic E-state index is -3.72. The van der Waals surface area contributed by atoms with E-state index in [9.17, 15) is 17.6 Å². The Morgan fingerprint density at radius 3 is 2.89 bits per heavy atom. The zero-order valence-electron chi connectivity index (χ0n) is 15.0. The first-order valence-corrected chi connectivity index (χ1v) is 9.74. The zero-order valence-corrected chi connectivity index (χ0v) is 15.8. The molecule has 1 aliphatic heterocycles. The quantitative estimate of drug-likeness (QED) is 0.681. The first kappa shape index (κ1) is 19.5. The van der Waals surface area contributed by atoms with Gasteiger partial charge in [-0.1, -0.05) is 0 Å². The SMILES string of the molecule is CC(=O)c1cc(F)ccc1OCC1CN(S(=O)(=O)c2cn(C)cn2)CCO1. The molecule has 0 saturated carbocycles. The van der Waals surface area contributed by atoms with Crippen molar-refractivity contribution >= 4 is 15.8 Å². The maximum absolute atomic E-state index is 13.3. The summed E-state index contributed by atoms with van der Waals surface area (Å²) in [5, 5.41) is -0.0241. The number of carbonyl (C=O) groups excluding carboxylic acids is 1. The third kappa shape index (κ3) is 4.34. The summed E-state index contributed by atoms with van der Waals surface area (Å²) in [5.74, 6) is -0.625.